The Morgan fingerprint density at radius 1 is 0.370 bits per heavy atom. The summed E-state index contributed by atoms with van der Waals surface area (Å²) >= 11 is 0. The van der Waals surface area contributed by atoms with Gasteiger partial charge in [0.25, 0.3) is 0 Å². The number of benzene rings is 8. The molecule has 254 valence electrons. The van der Waals surface area contributed by atoms with Gasteiger partial charge in [-0.2, -0.15) is 0 Å². The summed E-state index contributed by atoms with van der Waals surface area (Å²) in [5, 5.41) is 8.97. The quantitative estimate of drug-likeness (QED) is 0.128. The Kier molecular flexibility index (Phi) is 7.75. The minimum absolute atomic E-state index is 0.828. The monoisotopic (exact) mass is 708 g/mol. The van der Waals surface area contributed by atoms with E-state index in [1.54, 1.807) is 0 Å². The summed E-state index contributed by atoms with van der Waals surface area (Å²) in [6.45, 7) is 0. The van der Waals surface area contributed by atoms with E-state index in [4.69, 9.17) is 9.97 Å². The number of rotatable bonds is 6. The lowest BCUT2D eigenvalue weighted by molar-refractivity contribution is 0.592. The Bertz CT molecular complexity index is 3010. The summed E-state index contributed by atoms with van der Waals surface area (Å²) in [6, 6.07) is 68.5. The molecule has 0 aliphatic heterocycles. The molecule has 0 atom stereocenters. The van der Waals surface area contributed by atoms with Crippen LogP contribution in [0.25, 0.3) is 77.0 Å². The highest BCUT2D eigenvalue weighted by atomic mass is 31.2. The summed E-state index contributed by atoms with van der Waals surface area (Å²) in [5.41, 5.74) is 8.10. The van der Waals surface area contributed by atoms with Crippen LogP contribution in [0.5, 0.6) is 0 Å². The Hall–Kier alpha value is -6.67. The molecule has 0 fully saturated rings. The molecule has 0 N–H and O–H groups in total. The lowest BCUT2D eigenvalue weighted by Gasteiger charge is -2.20. The van der Waals surface area contributed by atoms with Crippen molar-refractivity contribution in [3.63, 3.8) is 0 Å². The summed E-state index contributed by atoms with van der Waals surface area (Å²) < 4.78 is 15.1. The minimum Gasteiger partial charge on any atom is -0.309 e. The van der Waals surface area contributed by atoms with E-state index in [0.717, 1.165) is 92.9 Å². The predicted molar refractivity (Wildman–Crippen MR) is 228 cm³/mol. The second-order valence-corrected chi connectivity index (χ2v) is 16.5. The second-order valence-electron chi connectivity index (χ2n) is 13.7. The lowest BCUT2D eigenvalue weighted by atomic mass is 9.94. The van der Waals surface area contributed by atoms with Gasteiger partial charge in [-0.15, -0.1) is 0 Å². The molecule has 0 unspecified atom stereocenters. The third kappa shape index (κ3) is 5.41. The highest BCUT2D eigenvalue weighted by Crippen LogP contribution is 2.43. The number of hydrogen-bond acceptors (Lipinski definition) is 3. The Balaban J connectivity index is 1.13. The van der Waals surface area contributed by atoms with Crippen molar-refractivity contribution in [1.82, 2.24) is 9.97 Å². The maximum absolute atomic E-state index is 15.1. The highest BCUT2D eigenvalue weighted by molar-refractivity contribution is 7.85. The van der Waals surface area contributed by atoms with Crippen molar-refractivity contribution in [3.05, 3.63) is 200 Å². The molecule has 10 rings (SSSR count). The molecule has 0 spiro atoms. The van der Waals surface area contributed by atoms with Crippen LogP contribution in [0.4, 0.5) is 0 Å². The standard InChI is InChI=1S/C50H33N2OP/c53-54(41-17-9-3-10-18-41,42-19-11-4-12-20-42)43-27-23-38-31-37(21-22-39(38)32-43)40-26-30-47-45(33-40)44-28-24-36-25-29-46(34-13-5-1-6-14-34)51-50(36)48(44)49(52-47)35-15-7-2-8-16-35/h1-33H. The maximum atomic E-state index is 15.1. The first-order valence-electron chi connectivity index (χ1n) is 18.2. The van der Waals surface area contributed by atoms with Gasteiger partial charge >= 0.3 is 0 Å². The molecule has 2 heterocycles. The molecule has 0 amide bonds. The van der Waals surface area contributed by atoms with Gasteiger partial charge in [0.15, 0.2) is 7.14 Å². The van der Waals surface area contributed by atoms with Crippen LogP contribution < -0.4 is 15.9 Å². The van der Waals surface area contributed by atoms with Crippen molar-refractivity contribution in [1.29, 1.82) is 0 Å². The number of aromatic nitrogens is 2. The van der Waals surface area contributed by atoms with E-state index in [0.29, 0.717) is 0 Å². The van der Waals surface area contributed by atoms with Crippen LogP contribution >= 0.6 is 7.14 Å². The average Bonchev–Trinajstić information content (AvgIpc) is 3.26. The largest absolute Gasteiger partial charge is 0.309 e. The van der Waals surface area contributed by atoms with E-state index in [1.807, 2.05) is 78.9 Å². The van der Waals surface area contributed by atoms with Crippen LogP contribution in [-0.4, -0.2) is 9.97 Å². The first-order valence-corrected chi connectivity index (χ1v) is 19.9. The number of pyridine rings is 2. The van der Waals surface area contributed by atoms with E-state index < -0.39 is 7.14 Å². The molecule has 54 heavy (non-hydrogen) atoms. The number of fused-ring (bicyclic) bond motifs is 6. The lowest BCUT2D eigenvalue weighted by Crippen LogP contribution is -2.24. The topological polar surface area (TPSA) is 42.9 Å². The Morgan fingerprint density at radius 2 is 0.926 bits per heavy atom. The zero-order chi connectivity index (χ0) is 36.1. The fraction of sp³-hybridized carbons (Fsp3) is 0. The minimum atomic E-state index is -3.08. The van der Waals surface area contributed by atoms with Gasteiger partial charge in [0.05, 0.1) is 22.4 Å². The van der Waals surface area contributed by atoms with Crippen LogP contribution in [0.3, 0.4) is 0 Å². The number of nitrogens with zero attached hydrogens (tertiary/aromatic N) is 2. The van der Waals surface area contributed by atoms with E-state index in [1.165, 1.54) is 0 Å². The normalized spacial score (nSPS) is 11.8. The van der Waals surface area contributed by atoms with Gasteiger partial charge in [-0.05, 0) is 57.6 Å². The summed E-state index contributed by atoms with van der Waals surface area (Å²) in [6.07, 6.45) is 0. The van der Waals surface area contributed by atoms with Crippen LogP contribution in [-0.2, 0) is 4.57 Å². The molecule has 0 radical (unpaired) electrons. The third-order valence-electron chi connectivity index (χ3n) is 10.5. The zero-order valence-corrected chi connectivity index (χ0v) is 30.2. The molecule has 2 aromatic heterocycles. The van der Waals surface area contributed by atoms with Gasteiger partial charge in [-0.3, -0.25) is 0 Å². The van der Waals surface area contributed by atoms with E-state index >= 15 is 4.57 Å². The molecule has 0 aliphatic rings. The van der Waals surface area contributed by atoms with Crippen molar-refractivity contribution in [2.24, 2.45) is 0 Å². The molecule has 0 saturated carbocycles. The molecule has 8 aromatic carbocycles. The maximum Gasteiger partial charge on any atom is 0.171 e. The Morgan fingerprint density at radius 3 is 1.63 bits per heavy atom. The Labute approximate surface area is 313 Å². The van der Waals surface area contributed by atoms with Gasteiger partial charge in [-0.1, -0.05) is 170 Å². The SMILES string of the molecule is O=P(c1ccccc1)(c1ccccc1)c1ccc2cc(-c3ccc4nc(-c5ccccc5)c5c(ccc6ccc(-c7ccccc7)nc65)c4c3)ccc2c1. The molecule has 10 aromatic rings. The first kappa shape index (κ1) is 32.0. The van der Waals surface area contributed by atoms with Crippen LogP contribution in [0.2, 0.25) is 0 Å². The van der Waals surface area contributed by atoms with E-state index in [2.05, 4.69) is 121 Å². The predicted octanol–water partition coefficient (Wildman–Crippen LogP) is 11.7. The second kappa shape index (κ2) is 13.1. The van der Waals surface area contributed by atoms with Crippen LogP contribution in [0.15, 0.2) is 200 Å². The molecule has 0 saturated heterocycles. The molecular weight excluding hydrogens is 676 g/mol. The van der Waals surface area contributed by atoms with Gasteiger partial charge in [0.1, 0.15) is 0 Å². The van der Waals surface area contributed by atoms with Crippen molar-refractivity contribution in [2.75, 3.05) is 0 Å². The van der Waals surface area contributed by atoms with Gasteiger partial charge in [0, 0.05) is 43.2 Å². The summed E-state index contributed by atoms with van der Waals surface area (Å²) in [7, 11) is -3.08. The smallest absolute Gasteiger partial charge is 0.171 e. The summed E-state index contributed by atoms with van der Waals surface area (Å²) in [4.78, 5) is 10.6. The fourth-order valence-corrected chi connectivity index (χ4v) is 10.4. The number of hydrogen-bond donors (Lipinski definition) is 0. The van der Waals surface area contributed by atoms with Gasteiger partial charge in [-0.25, -0.2) is 9.97 Å². The van der Waals surface area contributed by atoms with E-state index in [-0.39, 0.29) is 0 Å². The highest BCUT2D eigenvalue weighted by Gasteiger charge is 2.29. The molecule has 4 heteroatoms. The van der Waals surface area contributed by atoms with Crippen molar-refractivity contribution in [3.8, 4) is 33.6 Å². The van der Waals surface area contributed by atoms with Crippen LogP contribution in [0.1, 0.15) is 0 Å². The summed E-state index contributed by atoms with van der Waals surface area (Å²) in [5.74, 6) is 0. The molecule has 3 nitrogen and oxygen atoms in total. The van der Waals surface area contributed by atoms with Crippen molar-refractivity contribution >= 4 is 66.4 Å². The van der Waals surface area contributed by atoms with E-state index in [9.17, 15) is 0 Å². The van der Waals surface area contributed by atoms with Gasteiger partial charge in [0.2, 0.25) is 0 Å². The van der Waals surface area contributed by atoms with Crippen molar-refractivity contribution in [2.45, 2.75) is 0 Å². The van der Waals surface area contributed by atoms with Gasteiger partial charge < -0.3 is 4.57 Å². The molecule has 0 bridgehead atoms. The van der Waals surface area contributed by atoms with Crippen molar-refractivity contribution < 1.29 is 4.57 Å². The molecular formula is C50H33N2OP. The fourth-order valence-electron chi connectivity index (χ4n) is 7.76. The third-order valence-corrected chi connectivity index (χ3v) is 13.6. The average molecular weight is 709 g/mol. The zero-order valence-electron chi connectivity index (χ0n) is 29.3. The molecule has 0 aliphatic carbocycles. The van der Waals surface area contributed by atoms with Crippen LogP contribution in [0, 0.1) is 0 Å². The first-order chi connectivity index (χ1) is 26.6.